The number of nitrogens with one attached hydrogen (secondary N) is 1. The summed E-state index contributed by atoms with van der Waals surface area (Å²) in [6.07, 6.45) is 7.21. The van der Waals surface area contributed by atoms with Gasteiger partial charge in [0.05, 0.1) is 0 Å². The molecule has 3 rings (SSSR count). The maximum absolute atomic E-state index is 12.3. The molecule has 23 heavy (non-hydrogen) atoms. The van der Waals surface area contributed by atoms with E-state index in [4.69, 9.17) is 0 Å². The number of carbonyl (C=O) groups is 1. The number of aryl methyl sites for hydroxylation is 1. The molecule has 1 aromatic carbocycles. The molecule has 1 N–H and O–H groups in total. The SMILES string of the molecule is O=C(NCCCc1ccccc1)N1CCCN(C2CCC2)CC1. The van der Waals surface area contributed by atoms with Crippen LogP contribution in [0.15, 0.2) is 30.3 Å². The summed E-state index contributed by atoms with van der Waals surface area (Å²) in [4.78, 5) is 16.9. The van der Waals surface area contributed by atoms with Crippen molar-refractivity contribution in [1.82, 2.24) is 15.1 Å². The largest absolute Gasteiger partial charge is 0.338 e. The third-order valence-electron chi connectivity index (χ3n) is 5.17. The third kappa shape index (κ3) is 4.71. The summed E-state index contributed by atoms with van der Waals surface area (Å²) in [5, 5.41) is 3.09. The number of hydrogen-bond acceptors (Lipinski definition) is 2. The highest BCUT2D eigenvalue weighted by molar-refractivity contribution is 5.74. The highest BCUT2D eigenvalue weighted by Gasteiger charge is 2.27. The molecule has 1 saturated heterocycles. The van der Waals surface area contributed by atoms with E-state index in [1.807, 2.05) is 11.0 Å². The van der Waals surface area contributed by atoms with Crippen LogP contribution in [0.25, 0.3) is 0 Å². The van der Waals surface area contributed by atoms with Gasteiger partial charge in [0.25, 0.3) is 0 Å². The average Bonchev–Trinajstić information content (AvgIpc) is 2.77. The minimum Gasteiger partial charge on any atom is -0.338 e. The summed E-state index contributed by atoms with van der Waals surface area (Å²) in [7, 11) is 0. The quantitative estimate of drug-likeness (QED) is 0.848. The number of benzene rings is 1. The first-order chi connectivity index (χ1) is 11.3. The lowest BCUT2D eigenvalue weighted by molar-refractivity contribution is 0.131. The average molecular weight is 315 g/mol. The van der Waals surface area contributed by atoms with Crippen LogP contribution in [-0.4, -0.2) is 54.6 Å². The second-order valence-corrected chi connectivity index (χ2v) is 6.78. The molecule has 0 unspecified atom stereocenters. The summed E-state index contributed by atoms with van der Waals surface area (Å²) in [5.74, 6) is 0. The van der Waals surface area contributed by atoms with Crippen molar-refractivity contribution in [1.29, 1.82) is 0 Å². The molecular weight excluding hydrogens is 286 g/mol. The molecule has 126 valence electrons. The molecule has 0 radical (unpaired) electrons. The fraction of sp³-hybridized carbons (Fsp3) is 0.632. The van der Waals surface area contributed by atoms with Gasteiger partial charge in [0, 0.05) is 38.8 Å². The fourth-order valence-corrected chi connectivity index (χ4v) is 3.50. The zero-order chi connectivity index (χ0) is 15.9. The van der Waals surface area contributed by atoms with Crippen molar-refractivity contribution in [2.75, 3.05) is 32.7 Å². The Bertz CT molecular complexity index is 487. The number of carbonyl (C=O) groups excluding carboxylic acids is 1. The molecule has 1 aromatic rings. The summed E-state index contributed by atoms with van der Waals surface area (Å²) in [6, 6.07) is 11.4. The van der Waals surface area contributed by atoms with Gasteiger partial charge in [-0.3, -0.25) is 4.90 Å². The Morgan fingerprint density at radius 2 is 1.87 bits per heavy atom. The number of hydrogen-bond donors (Lipinski definition) is 1. The van der Waals surface area contributed by atoms with Crippen molar-refractivity contribution < 1.29 is 4.79 Å². The molecule has 0 spiro atoms. The van der Waals surface area contributed by atoms with Crippen LogP contribution in [0.3, 0.4) is 0 Å². The maximum Gasteiger partial charge on any atom is 0.317 e. The molecule has 1 saturated carbocycles. The van der Waals surface area contributed by atoms with Crippen molar-refractivity contribution >= 4 is 6.03 Å². The van der Waals surface area contributed by atoms with Crippen molar-refractivity contribution in [3.05, 3.63) is 35.9 Å². The Hall–Kier alpha value is -1.55. The molecule has 4 heteroatoms. The Morgan fingerprint density at radius 1 is 1.04 bits per heavy atom. The smallest absolute Gasteiger partial charge is 0.317 e. The molecule has 1 heterocycles. The van der Waals surface area contributed by atoms with E-state index in [-0.39, 0.29) is 6.03 Å². The van der Waals surface area contributed by atoms with E-state index in [1.165, 1.54) is 24.8 Å². The molecule has 0 aromatic heterocycles. The standard InChI is InChI=1S/C19H29N3O/c23-19(20-12-5-9-17-7-2-1-3-8-17)22-14-6-13-21(15-16-22)18-10-4-11-18/h1-3,7-8,18H,4-6,9-16H2,(H,20,23). The van der Waals surface area contributed by atoms with E-state index in [1.54, 1.807) is 0 Å². The molecule has 0 atom stereocenters. The molecule has 1 aliphatic carbocycles. The lowest BCUT2D eigenvalue weighted by Crippen LogP contribution is -2.44. The van der Waals surface area contributed by atoms with Crippen LogP contribution in [0.4, 0.5) is 4.79 Å². The zero-order valence-corrected chi connectivity index (χ0v) is 14.0. The predicted octanol–water partition coefficient (Wildman–Crippen LogP) is 2.89. The predicted molar refractivity (Wildman–Crippen MR) is 93.6 cm³/mol. The van der Waals surface area contributed by atoms with Gasteiger partial charge in [-0.2, -0.15) is 0 Å². The van der Waals surface area contributed by atoms with E-state index in [0.717, 1.165) is 58.0 Å². The van der Waals surface area contributed by atoms with Crippen LogP contribution in [-0.2, 0) is 6.42 Å². The van der Waals surface area contributed by atoms with Gasteiger partial charge in [-0.05, 0) is 37.7 Å². The van der Waals surface area contributed by atoms with Crippen LogP contribution in [0.1, 0.15) is 37.7 Å². The van der Waals surface area contributed by atoms with Gasteiger partial charge < -0.3 is 10.2 Å². The Morgan fingerprint density at radius 3 is 2.61 bits per heavy atom. The number of urea groups is 1. The van der Waals surface area contributed by atoms with E-state index >= 15 is 0 Å². The van der Waals surface area contributed by atoms with Gasteiger partial charge in [0.15, 0.2) is 0 Å². The first-order valence-electron chi connectivity index (χ1n) is 9.14. The summed E-state index contributed by atoms with van der Waals surface area (Å²) in [6.45, 7) is 4.73. The lowest BCUT2D eigenvalue weighted by atomic mass is 9.91. The fourth-order valence-electron chi connectivity index (χ4n) is 3.50. The van der Waals surface area contributed by atoms with Gasteiger partial charge in [-0.25, -0.2) is 4.79 Å². The second kappa shape index (κ2) is 8.34. The minimum atomic E-state index is 0.119. The molecule has 1 aliphatic heterocycles. The second-order valence-electron chi connectivity index (χ2n) is 6.78. The molecule has 2 fully saturated rings. The molecule has 2 aliphatic rings. The summed E-state index contributed by atoms with van der Waals surface area (Å²) in [5.41, 5.74) is 1.34. The lowest BCUT2D eigenvalue weighted by Gasteiger charge is -2.36. The Kier molecular flexibility index (Phi) is 5.92. The van der Waals surface area contributed by atoms with Crippen LogP contribution in [0, 0.1) is 0 Å². The van der Waals surface area contributed by atoms with E-state index in [9.17, 15) is 4.79 Å². The van der Waals surface area contributed by atoms with Gasteiger partial charge in [-0.15, -0.1) is 0 Å². The highest BCUT2D eigenvalue weighted by atomic mass is 16.2. The summed E-state index contributed by atoms with van der Waals surface area (Å²) < 4.78 is 0. The van der Waals surface area contributed by atoms with Crippen LogP contribution in [0.2, 0.25) is 0 Å². The maximum atomic E-state index is 12.3. The third-order valence-corrected chi connectivity index (χ3v) is 5.17. The van der Waals surface area contributed by atoms with Crippen molar-refractivity contribution in [3.63, 3.8) is 0 Å². The van der Waals surface area contributed by atoms with Gasteiger partial charge >= 0.3 is 6.03 Å². The molecule has 0 bridgehead atoms. The van der Waals surface area contributed by atoms with E-state index < -0.39 is 0 Å². The topological polar surface area (TPSA) is 35.6 Å². The van der Waals surface area contributed by atoms with E-state index in [0.29, 0.717) is 0 Å². The van der Waals surface area contributed by atoms with Crippen molar-refractivity contribution in [2.45, 2.75) is 44.6 Å². The first-order valence-corrected chi connectivity index (χ1v) is 9.14. The number of rotatable bonds is 5. The monoisotopic (exact) mass is 315 g/mol. The normalized spacial score (nSPS) is 19.9. The highest BCUT2D eigenvalue weighted by Crippen LogP contribution is 2.25. The van der Waals surface area contributed by atoms with Crippen LogP contribution < -0.4 is 5.32 Å². The van der Waals surface area contributed by atoms with Gasteiger partial charge in [0.1, 0.15) is 0 Å². The Labute approximate surface area is 139 Å². The van der Waals surface area contributed by atoms with Gasteiger partial charge in [0.2, 0.25) is 0 Å². The zero-order valence-electron chi connectivity index (χ0n) is 14.0. The van der Waals surface area contributed by atoms with Crippen LogP contribution >= 0.6 is 0 Å². The molecular formula is C19H29N3O. The summed E-state index contributed by atoms with van der Waals surface area (Å²) >= 11 is 0. The minimum absolute atomic E-state index is 0.119. The Balaban J connectivity index is 1.34. The van der Waals surface area contributed by atoms with E-state index in [2.05, 4.69) is 34.5 Å². The number of amides is 2. The first kappa shape index (κ1) is 16.3. The van der Waals surface area contributed by atoms with Crippen molar-refractivity contribution in [2.24, 2.45) is 0 Å². The number of nitrogens with zero attached hydrogens (tertiary/aromatic N) is 2. The van der Waals surface area contributed by atoms with Crippen molar-refractivity contribution in [3.8, 4) is 0 Å². The molecule has 2 amide bonds. The van der Waals surface area contributed by atoms with Crippen LogP contribution in [0.5, 0.6) is 0 Å². The van der Waals surface area contributed by atoms with Gasteiger partial charge in [-0.1, -0.05) is 36.8 Å². The molecule has 4 nitrogen and oxygen atoms in total.